The van der Waals surface area contributed by atoms with Crippen LogP contribution in [0.2, 0.25) is 0 Å². The third-order valence-electron chi connectivity index (χ3n) is 3.59. The van der Waals surface area contributed by atoms with Gasteiger partial charge in [0.1, 0.15) is 5.75 Å². The second kappa shape index (κ2) is 4.41. The number of hydrogen-bond acceptors (Lipinski definition) is 4. The van der Waals surface area contributed by atoms with Crippen molar-refractivity contribution in [1.82, 2.24) is 0 Å². The lowest BCUT2D eigenvalue weighted by atomic mass is 9.75. The van der Waals surface area contributed by atoms with Crippen LogP contribution in [0.15, 0.2) is 18.2 Å². The SMILES string of the molecule is NC1(c2cc(O)ccc2[N+](=O)[O-])CCC(F)(F)CC1. The lowest BCUT2D eigenvalue weighted by Crippen LogP contribution is -2.43. The maximum Gasteiger partial charge on any atom is 0.274 e. The van der Waals surface area contributed by atoms with Gasteiger partial charge in [0.2, 0.25) is 5.92 Å². The fourth-order valence-electron chi connectivity index (χ4n) is 2.41. The van der Waals surface area contributed by atoms with Crippen molar-refractivity contribution >= 4 is 5.69 Å². The lowest BCUT2D eigenvalue weighted by Gasteiger charge is -2.37. The molecule has 0 amide bonds. The summed E-state index contributed by atoms with van der Waals surface area (Å²) in [6.07, 6.45) is -0.915. The third kappa shape index (κ3) is 2.65. The molecule has 1 aliphatic rings. The van der Waals surface area contributed by atoms with Gasteiger partial charge in [0, 0.05) is 24.4 Å². The molecule has 0 bridgehead atoms. The van der Waals surface area contributed by atoms with E-state index in [-0.39, 0.29) is 29.8 Å². The van der Waals surface area contributed by atoms with Crippen molar-refractivity contribution in [2.75, 3.05) is 0 Å². The smallest absolute Gasteiger partial charge is 0.274 e. The van der Waals surface area contributed by atoms with E-state index in [9.17, 15) is 24.0 Å². The predicted octanol–water partition coefficient (Wildman–Crippen LogP) is 2.66. The molecule has 1 fully saturated rings. The maximum absolute atomic E-state index is 13.2. The number of halogens is 2. The molecule has 1 aliphatic carbocycles. The van der Waals surface area contributed by atoms with Crippen LogP contribution in [-0.2, 0) is 5.54 Å². The van der Waals surface area contributed by atoms with Gasteiger partial charge in [0.15, 0.2) is 0 Å². The molecule has 0 spiro atoms. The Morgan fingerprint density at radius 3 is 2.37 bits per heavy atom. The summed E-state index contributed by atoms with van der Waals surface area (Å²) in [6.45, 7) is 0. The van der Waals surface area contributed by atoms with Crippen molar-refractivity contribution in [3.63, 3.8) is 0 Å². The van der Waals surface area contributed by atoms with Crippen molar-refractivity contribution < 1.29 is 18.8 Å². The minimum absolute atomic E-state index is 0.0513. The summed E-state index contributed by atoms with van der Waals surface area (Å²) in [5.41, 5.74) is 4.74. The molecule has 0 aliphatic heterocycles. The van der Waals surface area contributed by atoms with Gasteiger partial charge < -0.3 is 10.8 Å². The topological polar surface area (TPSA) is 89.4 Å². The zero-order chi connectivity index (χ0) is 14.3. The third-order valence-corrected chi connectivity index (χ3v) is 3.59. The number of nitro groups is 1. The van der Waals surface area contributed by atoms with Crippen LogP contribution in [0.3, 0.4) is 0 Å². The van der Waals surface area contributed by atoms with Crippen LogP contribution >= 0.6 is 0 Å². The van der Waals surface area contributed by atoms with Gasteiger partial charge >= 0.3 is 0 Å². The summed E-state index contributed by atoms with van der Waals surface area (Å²) in [6, 6.07) is 3.52. The standard InChI is InChI=1S/C12H14F2N2O3/c13-12(14)5-3-11(15,4-6-12)9-7-8(17)1-2-10(9)16(18)19/h1-2,7,17H,3-6,15H2. The fourth-order valence-corrected chi connectivity index (χ4v) is 2.41. The second-order valence-corrected chi connectivity index (χ2v) is 4.97. The Bertz CT molecular complexity index is 510. The monoisotopic (exact) mass is 272 g/mol. The Labute approximate surface area is 108 Å². The molecule has 1 saturated carbocycles. The molecule has 19 heavy (non-hydrogen) atoms. The van der Waals surface area contributed by atoms with Crippen LogP contribution < -0.4 is 5.73 Å². The maximum atomic E-state index is 13.2. The summed E-state index contributed by atoms with van der Waals surface area (Å²) in [4.78, 5) is 10.4. The highest BCUT2D eigenvalue weighted by Crippen LogP contribution is 2.45. The first kappa shape index (κ1) is 13.7. The van der Waals surface area contributed by atoms with Crippen LogP contribution in [0.1, 0.15) is 31.2 Å². The van der Waals surface area contributed by atoms with E-state index in [4.69, 9.17) is 5.73 Å². The molecule has 0 unspecified atom stereocenters. The molecule has 7 heteroatoms. The number of phenols is 1. The zero-order valence-electron chi connectivity index (χ0n) is 10.1. The number of aromatic hydroxyl groups is 1. The summed E-state index contributed by atoms with van der Waals surface area (Å²) >= 11 is 0. The van der Waals surface area contributed by atoms with E-state index >= 15 is 0 Å². The Hall–Kier alpha value is -1.76. The van der Waals surface area contributed by atoms with E-state index in [1.165, 1.54) is 12.1 Å². The molecule has 0 aromatic heterocycles. The largest absolute Gasteiger partial charge is 0.508 e. The molecule has 0 heterocycles. The van der Waals surface area contributed by atoms with Crippen molar-refractivity contribution in [1.29, 1.82) is 0 Å². The lowest BCUT2D eigenvalue weighted by molar-refractivity contribution is -0.386. The van der Waals surface area contributed by atoms with Gasteiger partial charge in [-0.2, -0.15) is 0 Å². The highest BCUT2D eigenvalue weighted by Gasteiger charge is 2.44. The summed E-state index contributed by atoms with van der Waals surface area (Å²) in [5.74, 6) is -2.93. The highest BCUT2D eigenvalue weighted by molar-refractivity contribution is 5.49. The van der Waals surface area contributed by atoms with Gasteiger partial charge in [-0.3, -0.25) is 10.1 Å². The average Bonchev–Trinajstić information content (AvgIpc) is 2.33. The van der Waals surface area contributed by atoms with Crippen molar-refractivity contribution in [3.05, 3.63) is 33.9 Å². The first-order chi connectivity index (χ1) is 8.73. The summed E-state index contributed by atoms with van der Waals surface area (Å²) in [5, 5.41) is 20.4. The molecule has 1 aromatic carbocycles. The number of hydrogen-bond donors (Lipinski definition) is 2. The predicted molar refractivity (Wildman–Crippen MR) is 64.0 cm³/mol. The van der Waals surface area contributed by atoms with Gasteiger partial charge in [-0.25, -0.2) is 8.78 Å². The van der Waals surface area contributed by atoms with Crippen LogP contribution in [0.25, 0.3) is 0 Å². The molecule has 3 N–H and O–H groups in total. The van der Waals surface area contributed by atoms with Gasteiger partial charge in [-0.05, 0) is 25.0 Å². The second-order valence-electron chi connectivity index (χ2n) is 4.97. The molecular formula is C12H14F2N2O3. The van der Waals surface area contributed by atoms with E-state index in [2.05, 4.69) is 0 Å². The van der Waals surface area contributed by atoms with E-state index in [1.807, 2.05) is 0 Å². The minimum Gasteiger partial charge on any atom is -0.508 e. The Morgan fingerprint density at radius 1 is 1.26 bits per heavy atom. The van der Waals surface area contributed by atoms with Crippen LogP contribution in [0.5, 0.6) is 5.75 Å². The average molecular weight is 272 g/mol. The van der Waals surface area contributed by atoms with Gasteiger partial charge in [0.25, 0.3) is 5.69 Å². The number of nitrogens with zero attached hydrogens (tertiary/aromatic N) is 1. The number of nitrogens with two attached hydrogens (primary N) is 1. The van der Waals surface area contributed by atoms with E-state index in [0.29, 0.717) is 0 Å². The zero-order valence-corrected chi connectivity index (χ0v) is 10.1. The number of nitro benzene ring substituents is 1. The van der Waals surface area contributed by atoms with Crippen LogP contribution in [0.4, 0.5) is 14.5 Å². The van der Waals surface area contributed by atoms with Crippen LogP contribution in [0, 0.1) is 10.1 Å². The number of alkyl halides is 2. The Balaban J connectivity index is 2.41. The molecule has 104 valence electrons. The van der Waals surface area contributed by atoms with E-state index in [0.717, 1.165) is 6.07 Å². The number of rotatable bonds is 2. The van der Waals surface area contributed by atoms with Gasteiger partial charge in [-0.1, -0.05) is 0 Å². The highest BCUT2D eigenvalue weighted by atomic mass is 19.3. The molecular weight excluding hydrogens is 258 g/mol. The van der Waals surface area contributed by atoms with E-state index in [1.54, 1.807) is 0 Å². The number of benzene rings is 1. The Kier molecular flexibility index (Phi) is 3.17. The summed E-state index contributed by atoms with van der Waals surface area (Å²) in [7, 11) is 0. The first-order valence-corrected chi connectivity index (χ1v) is 5.88. The molecule has 0 atom stereocenters. The van der Waals surface area contributed by atoms with Crippen molar-refractivity contribution in [3.8, 4) is 5.75 Å². The molecule has 0 radical (unpaired) electrons. The van der Waals surface area contributed by atoms with Gasteiger partial charge in [0.05, 0.1) is 10.5 Å². The summed E-state index contributed by atoms with van der Waals surface area (Å²) < 4.78 is 26.3. The quantitative estimate of drug-likeness (QED) is 0.639. The molecule has 2 rings (SSSR count). The molecule has 1 aromatic rings. The van der Waals surface area contributed by atoms with Crippen molar-refractivity contribution in [2.45, 2.75) is 37.1 Å². The van der Waals surface area contributed by atoms with E-state index < -0.39 is 29.2 Å². The van der Waals surface area contributed by atoms with Crippen LogP contribution in [-0.4, -0.2) is 16.0 Å². The van der Waals surface area contributed by atoms with Gasteiger partial charge in [-0.15, -0.1) is 0 Å². The van der Waals surface area contributed by atoms with Crippen molar-refractivity contribution in [2.24, 2.45) is 5.73 Å². The molecule has 0 saturated heterocycles. The Morgan fingerprint density at radius 2 is 1.84 bits per heavy atom. The minimum atomic E-state index is -2.77. The number of phenolic OH excluding ortho intramolecular Hbond substituents is 1. The molecule has 5 nitrogen and oxygen atoms in total. The normalized spacial score (nSPS) is 21.0. The fraction of sp³-hybridized carbons (Fsp3) is 0.500. The first-order valence-electron chi connectivity index (χ1n) is 5.88.